The van der Waals surface area contributed by atoms with Crippen LogP contribution >= 0.6 is 0 Å². The molecule has 116 valence electrons. The Kier molecular flexibility index (Phi) is 4.05. The van der Waals surface area contributed by atoms with Gasteiger partial charge in [0.05, 0.1) is 0 Å². The van der Waals surface area contributed by atoms with Crippen LogP contribution in [0.2, 0.25) is 0 Å². The van der Waals surface area contributed by atoms with Crippen molar-refractivity contribution in [3.63, 3.8) is 0 Å². The third kappa shape index (κ3) is 2.66. The van der Waals surface area contributed by atoms with Gasteiger partial charge < -0.3 is 10.0 Å². The van der Waals surface area contributed by atoms with Gasteiger partial charge in [-0.15, -0.1) is 0 Å². The monoisotopic (exact) mass is 289 g/mol. The first kappa shape index (κ1) is 15.9. The number of nitrogens with zero attached hydrogens (tertiary/aromatic N) is 1. The number of hydrogen-bond acceptors (Lipinski definition) is 2. The predicted molar refractivity (Wildman–Crippen MR) is 87.2 cm³/mol. The summed E-state index contributed by atoms with van der Waals surface area (Å²) in [6.45, 7) is 12.7. The number of fused-ring (bicyclic) bond motifs is 1. The highest BCUT2D eigenvalue weighted by atomic mass is 16.4. The van der Waals surface area contributed by atoms with Gasteiger partial charge in [-0.05, 0) is 69.2 Å². The van der Waals surface area contributed by atoms with Crippen molar-refractivity contribution >= 4 is 11.7 Å². The van der Waals surface area contributed by atoms with Crippen molar-refractivity contribution in [2.45, 2.75) is 71.9 Å². The summed E-state index contributed by atoms with van der Waals surface area (Å²) in [6, 6.07) is 3.95. The van der Waals surface area contributed by atoms with Gasteiger partial charge in [0.15, 0.2) is 0 Å². The normalized spacial score (nSPS) is 21.8. The van der Waals surface area contributed by atoms with E-state index in [0.717, 1.165) is 12.1 Å². The highest BCUT2D eigenvalue weighted by Gasteiger charge is 2.41. The lowest BCUT2D eigenvalue weighted by atomic mass is 9.78. The Morgan fingerprint density at radius 3 is 2.48 bits per heavy atom. The summed E-state index contributed by atoms with van der Waals surface area (Å²) in [4.78, 5) is 13.9. The maximum Gasteiger partial charge on any atom is 0.326 e. The zero-order valence-electron chi connectivity index (χ0n) is 14.0. The van der Waals surface area contributed by atoms with Crippen molar-refractivity contribution < 1.29 is 9.90 Å². The molecule has 1 aromatic rings. The molecule has 1 N–H and O–H groups in total. The van der Waals surface area contributed by atoms with Crippen molar-refractivity contribution in [3.05, 3.63) is 28.8 Å². The third-order valence-corrected chi connectivity index (χ3v) is 4.87. The second kappa shape index (κ2) is 5.36. The first-order chi connectivity index (χ1) is 9.69. The van der Waals surface area contributed by atoms with Gasteiger partial charge in [-0.2, -0.15) is 0 Å². The van der Waals surface area contributed by atoms with E-state index < -0.39 is 12.0 Å². The standard InChI is InChI=1S/C18H27NO2/c1-7-15(17(20)21)19-16-9-12(3)11(2)8-14(16)13(4)10-18(19,5)6/h8-9,13,15H,7,10H2,1-6H3,(H,20,21)/t13-,15-/m0/s1. The minimum atomic E-state index is -0.732. The molecular weight excluding hydrogens is 262 g/mol. The molecule has 3 heteroatoms. The SMILES string of the molecule is CC[C@@H](C(=O)O)N1c2cc(C)c(C)cc2[C@@H](C)CC1(C)C. The largest absolute Gasteiger partial charge is 0.480 e. The predicted octanol–water partition coefficient (Wildman–Crippen LogP) is 4.26. The van der Waals surface area contributed by atoms with Crippen LogP contribution in [-0.2, 0) is 4.79 Å². The Labute approximate surface area is 128 Å². The van der Waals surface area contributed by atoms with E-state index in [-0.39, 0.29) is 5.54 Å². The number of carboxylic acid groups (broad SMARTS) is 1. The molecule has 0 aliphatic carbocycles. The summed E-state index contributed by atoms with van der Waals surface area (Å²) in [5, 5.41) is 9.63. The Morgan fingerprint density at radius 2 is 1.95 bits per heavy atom. The van der Waals surface area contributed by atoms with Gasteiger partial charge in [-0.3, -0.25) is 0 Å². The Bertz CT molecular complexity index is 563. The zero-order chi connectivity index (χ0) is 15.9. The molecule has 3 nitrogen and oxygen atoms in total. The van der Waals surface area contributed by atoms with E-state index in [2.05, 4.69) is 51.7 Å². The van der Waals surface area contributed by atoms with Crippen LogP contribution in [-0.4, -0.2) is 22.7 Å². The number of hydrogen-bond donors (Lipinski definition) is 1. The second-order valence-corrected chi connectivity index (χ2v) is 7.05. The molecule has 0 saturated heterocycles. The Hall–Kier alpha value is -1.51. The molecule has 1 aliphatic heterocycles. The van der Waals surface area contributed by atoms with Gasteiger partial charge >= 0.3 is 5.97 Å². The third-order valence-electron chi connectivity index (χ3n) is 4.87. The quantitative estimate of drug-likeness (QED) is 0.904. The van der Waals surface area contributed by atoms with E-state index in [1.807, 2.05) is 6.92 Å². The van der Waals surface area contributed by atoms with Crippen LogP contribution in [0, 0.1) is 13.8 Å². The molecule has 1 aliphatic rings. The molecule has 0 amide bonds. The zero-order valence-corrected chi connectivity index (χ0v) is 14.0. The number of anilines is 1. The van der Waals surface area contributed by atoms with Gasteiger partial charge in [-0.1, -0.05) is 19.9 Å². The van der Waals surface area contributed by atoms with Crippen LogP contribution in [0.5, 0.6) is 0 Å². The van der Waals surface area contributed by atoms with Crippen molar-refractivity contribution in [2.75, 3.05) is 4.90 Å². The van der Waals surface area contributed by atoms with Crippen molar-refractivity contribution in [1.29, 1.82) is 0 Å². The van der Waals surface area contributed by atoms with Crippen molar-refractivity contribution in [3.8, 4) is 0 Å². The fourth-order valence-electron chi connectivity index (χ4n) is 3.77. The van der Waals surface area contributed by atoms with Gasteiger partial charge in [0.25, 0.3) is 0 Å². The van der Waals surface area contributed by atoms with Crippen LogP contribution in [0.25, 0.3) is 0 Å². The molecule has 1 aromatic carbocycles. The van der Waals surface area contributed by atoms with Gasteiger partial charge in [0.2, 0.25) is 0 Å². The lowest BCUT2D eigenvalue weighted by Gasteiger charge is -2.50. The van der Waals surface area contributed by atoms with Crippen molar-refractivity contribution in [2.24, 2.45) is 0 Å². The molecule has 21 heavy (non-hydrogen) atoms. The fraction of sp³-hybridized carbons (Fsp3) is 0.611. The lowest BCUT2D eigenvalue weighted by Crippen LogP contribution is -2.56. The molecule has 1 heterocycles. The number of rotatable bonds is 3. The smallest absolute Gasteiger partial charge is 0.326 e. The van der Waals surface area contributed by atoms with Gasteiger partial charge in [0, 0.05) is 11.2 Å². The first-order valence-corrected chi connectivity index (χ1v) is 7.82. The van der Waals surface area contributed by atoms with E-state index in [0.29, 0.717) is 12.3 Å². The molecule has 0 bridgehead atoms. The van der Waals surface area contributed by atoms with Crippen LogP contribution < -0.4 is 4.90 Å². The van der Waals surface area contributed by atoms with E-state index in [4.69, 9.17) is 0 Å². The van der Waals surface area contributed by atoms with Crippen LogP contribution in [0.15, 0.2) is 12.1 Å². The molecule has 0 radical (unpaired) electrons. The second-order valence-electron chi connectivity index (χ2n) is 7.05. The molecule has 2 rings (SSSR count). The molecule has 0 spiro atoms. The lowest BCUT2D eigenvalue weighted by molar-refractivity contribution is -0.139. The Balaban J connectivity index is 2.66. The van der Waals surface area contributed by atoms with Crippen LogP contribution in [0.3, 0.4) is 0 Å². The average molecular weight is 289 g/mol. The summed E-state index contributed by atoms with van der Waals surface area (Å²) < 4.78 is 0. The molecule has 0 fully saturated rings. The number of aryl methyl sites for hydroxylation is 2. The van der Waals surface area contributed by atoms with E-state index >= 15 is 0 Å². The summed E-state index contributed by atoms with van der Waals surface area (Å²) in [5.74, 6) is -0.277. The molecule has 0 saturated carbocycles. The van der Waals surface area contributed by atoms with Crippen molar-refractivity contribution in [1.82, 2.24) is 0 Å². The van der Waals surface area contributed by atoms with Crippen LogP contribution in [0.1, 0.15) is 63.1 Å². The van der Waals surface area contributed by atoms with Crippen LogP contribution in [0.4, 0.5) is 5.69 Å². The summed E-state index contributed by atoms with van der Waals surface area (Å²) in [6.07, 6.45) is 1.59. The summed E-state index contributed by atoms with van der Waals surface area (Å²) in [5.41, 5.74) is 4.76. The Morgan fingerprint density at radius 1 is 1.38 bits per heavy atom. The molecule has 0 unspecified atom stereocenters. The highest BCUT2D eigenvalue weighted by molar-refractivity contribution is 5.80. The molecule has 2 atom stereocenters. The van der Waals surface area contributed by atoms with E-state index in [9.17, 15) is 9.90 Å². The number of carboxylic acids is 1. The minimum Gasteiger partial charge on any atom is -0.480 e. The molecule has 0 aromatic heterocycles. The van der Waals surface area contributed by atoms with E-state index in [1.165, 1.54) is 16.7 Å². The number of benzene rings is 1. The topological polar surface area (TPSA) is 40.5 Å². The van der Waals surface area contributed by atoms with Gasteiger partial charge in [0.1, 0.15) is 6.04 Å². The maximum absolute atomic E-state index is 11.7. The summed E-state index contributed by atoms with van der Waals surface area (Å²) in [7, 11) is 0. The average Bonchev–Trinajstić information content (AvgIpc) is 2.36. The first-order valence-electron chi connectivity index (χ1n) is 7.82. The van der Waals surface area contributed by atoms with E-state index in [1.54, 1.807) is 0 Å². The van der Waals surface area contributed by atoms with Gasteiger partial charge in [-0.25, -0.2) is 4.79 Å². The fourth-order valence-corrected chi connectivity index (χ4v) is 3.77. The number of carbonyl (C=O) groups is 1. The number of aliphatic carboxylic acids is 1. The maximum atomic E-state index is 11.7. The molecular formula is C18H27NO2. The summed E-state index contributed by atoms with van der Waals surface area (Å²) >= 11 is 0. The highest BCUT2D eigenvalue weighted by Crippen LogP contribution is 2.45. The minimum absolute atomic E-state index is 0.146.